The fourth-order valence-electron chi connectivity index (χ4n) is 2.12. The summed E-state index contributed by atoms with van der Waals surface area (Å²) in [6, 6.07) is 3.97. The van der Waals surface area contributed by atoms with E-state index in [-0.39, 0.29) is 11.5 Å². The molecule has 0 saturated carbocycles. The molecule has 6 nitrogen and oxygen atoms in total. The molecule has 0 atom stereocenters. The molecule has 0 amide bonds. The van der Waals surface area contributed by atoms with Crippen molar-refractivity contribution in [2.75, 3.05) is 11.1 Å². The van der Waals surface area contributed by atoms with Crippen LogP contribution in [0.15, 0.2) is 36.9 Å². The summed E-state index contributed by atoms with van der Waals surface area (Å²) < 4.78 is 2.02. The minimum atomic E-state index is -0.0315. The standard InChI is InChI=1S/C15H18N6/c1-15(2,3)20-13-8-17-12-5-4-10(9-21(12)13)11-6-18-14(16)19-7-11/h4-9,20H,1-3H3,(H2,16,18,19). The first kappa shape index (κ1) is 13.4. The van der Waals surface area contributed by atoms with Crippen LogP contribution in [0.25, 0.3) is 16.8 Å². The van der Waals surface area contributed by atoms with Crippen LogP contribution < -0.4 is 11.1 Å². The minimum Gasteiger partial charge on any atom is -0.368 e. The van der Waals surface area contributed by atoms with Crippen molar-refractivity contribution >= 4 is 17.4 Å². The highest BCUT2D eigenvalue weighted by Gasteiger charge is 2.13. The van der Waals surface area contributed by atoms with Crippen LogP contribution in [0.3, 0.4) is 0 Å². The first-order valence-corrected chi connectivity index (χ1v) is 6.75. The highest BCUT2D eigenvalue weighted by atomic mass is 15.1. The summed E-state index contributed by atoms with van der Waals surface area (Å²) >= 11 is 0. The molecule has 0 aliphatic carbocycles. The predicted molar refractivity (Wildman–Crippen MR) is 84.0 cm³/mol. The van der Waals surface area contributed by atoms with E-state index in [2.05, 4.69) is 41.0 Å². The summed E-state index contributed by atoms with van der Waals surface area (Å²) in [5.41, 5.74) is 8.31. The number of hydrogen-bond donors (Lipinski definition) is 2. The van der Waals surface area contributed by atoms with Gasteiger partial charge in [-0.25, -0.2) is 15.0 Å². The number of hydrogen-bond acceptors (Lipinski definition) is 5. The number of nitrogens with zero attached hydrogens (tertiary/aromatic N) is 4. The third kappa shape index (κ3) is 2.79. The fourth-order valence-corrected chi connectivity index (χ4v) is 2.12. The number of anilines is 2. The maximum absolute atomic E-state index is 5.52. The van der Waals surface area contributed by atoms with Crippen LogP contribution in [0.5, 0.6) is 0 Å². The monoisotopic (exact) mass is 282 g/mol. The Hall–Kier alpha value is -2.63. The van der Waals surface area contributed by atoms with Gasteiger partial charge in [-0.2, -0.15) is 0 Å². The van der Waals surface area contributed by atoms with Crippen molar-refractivity contribution in [3.05, 3.63) is 36.9 Å². The maximum Gasteiger partial charge on any atom is 0.219 e. The molecule has 0 aromatic carbocycles. The molecule has 0 radical (unpaired) electrons. The number of rotatable bonds is 2. The maximum atomic E-state index is 5.52. The van der Waals surface area contributed by atoms with E-state index in [0.29, 0.717) is 0 Å². The van der Waals surface area contributed by atoms with Gasteiger partial charge in [-0.05, 0) is 32.9 Å². The fraction of sp³-hybridized carbons (Fsp3) is 0.267. The Morgan fingerprint density at radius 3 is 2.38 bits per heavy atom. The summed E-state index contributed by atoms with van der Waals surface area (Å²) in [7, 11) is 0. The molecule has 0 unspecified atom stereocenters. The van der Waals surface area contributed by atoms with Crippen molar-refractivity contribution in [1.82, 2.24) is 19.4 Å². The molecule has 3 aromatic heterocycles. The Bertz CT molecular complexity index is 767. The molecule has 3 rings (SSSR count). The van der Waals surface area contributed by atoms with E-state index in [1.807, 2.05) is 28.9 Å². The molecular weight excluding hydrogens is 264 g/mol. The Morgan fingerprint density at radius 2 is 1.71 bits per heavy atom. The molecule has 21 heavy (non-hydrogen) atoms. The third-order valence-corrected chi connectivity index (χ3v) is 3.01. The second kappa shape index (κ2) is 4.73. The lowest BCUT2D eigenvalue weighted by molar-refractivity contribution is 0.629. The Morgan fingerprint density at radius 1 is 1.00 bits per heavy atom. The van der Waals surface area contributed by atoms with Crippen molar-refractivity contribution in [2.24, 2.45) is 0 Å². The zero-order valence-electron chi connectivity index (χ0n) is 12.3. The summed E-state index contributed by atoms with van der Waals surface area (Å²) in [6.45, 7) is 6.35. The number of nitrogens with one attached hydrogen (secondary N) is 1. The minimum absolute atomic E-state index is 0.0315. The third-order valence-electron chi connectivity index (χ3n) is 3.01. The van der Waals surface area contributed by atoms with Gasteiger partial charge in [-0.1, -0.05) is 0 Å². The van der Waals surface area contributed by atoms with E-state index in [0.717, 1.165) is 22.6 Å². The van der Waals surface area contributed by atoms with Crippen LogP contribution >= 0.6 is 0 Å². The number of nitrogens with two attached hydrogens (primary N) is 1. The van der Waals surface area contributed by atoms with Gasteiger partial charge >= 0.3 is 0 Å². The second-order valence-corrected chi connectivity index (χ2v) is 5.99. The van der Waals surface area contributed by atoms with Gasteiger partial charge in [0.2, 0.25) is 5.95 Å². The number of nitrogen functional groups attached to an aromatic ring is 1. The van der Waals surface area contributed by atoms with Gasteiger partial charge in [0.1, 0.15) is 11.5 Å². The normalized spacial score (nSPS) is 11.8. The summed E-state index contributed by atoms with van der Waals surface area (Å²) in [5.74, 6) is 1.23. The molecule has 3 aromatic rings. The molecule has 3 heterocycles. The SMILES string of the molecule is CC(C)(C)Nc1cnc2ccc(-c3cnc(N)nc3)cn12. The van der Waals surface area contributed by atoms with Gasteiger partial charge in [-0.3, -0.25) is 4.40 Å². The van der Waals surface area contributed by atoms with Crippen molar-refractivity contribution in [3.63, 3.8) is 0 Å². The smallest absolute Gasteiger partial charge is 0.219 e. The molecular formula is C15H18N6. The van der Waals surface area contributed by atoms with E-state index in [1.54, 1.807) is 12.4 Å². The zero-order chi connectivity index (χ0) is 15.0. The zero-order valence-corrected chi connectivity index (χ0v) is 12.3. The molecule has 0 bridgehead atoms. The largest absolute Gasteiger partial charge is 0.368 e. The van der Waals surface area contributed by atoms with Crippen LogP contribution in [-0.2, 0) is 0 Å². The molecule has 0 aliphatic heterocycles. The number of imidazole rings is 1. The summed E-state index contributed by atoms with van der Waals surface area (Å²) in [4.78, 5) is 12.5. The molecule has 0 aliphatic rings. The topological polar surface area (TPSA) is 81.1 Å². The van der Waals surface area contributed by atoms with Crippen LogP contribution in [0.2, 0.25) is 0 Å². The lowest BCUT2D eigenvalue weighted by atomic mass is 10.1. The highest BCUT2D eigenvalue weighted by Crippen LogP contribution is 2.22. The Labute approximate surface area is 123 Å². The molecule has 0 spiro atoms. The van der Waals surface area contributed by atoms with Crippen LogP contribution in [-0.4, -0.2) is 24.9 Å². The van der Waals surface area contributed by atoms with E-state index in [1.165, 1.54) is 0 Å². The average molecular weight is 282 g/mol. The number of aromatic nitrogens is 4. The van der Waals surface area contributed by atoms with Gasteiger partial charge < -0.3 is 11.1 Å². The molecule has 0 saturated heterocycles. The number of pyridine rings is 1. The lowest BCUT2D eigenvalue weighted by Gasteiger charge is -2.21. The molecule has 0 fully saturated rings. The van der Waals surface area contributed by atoms with Crippen molar-refractivity contribution in [2.45, 2.75) is 26.3 Å². The van der Waals surface area contributed by atoms with E-state index in [4.69, 9.17) is 5.73 Å². The quantitative estimate of drug-likeness (QED) is 0.755. The predicted octanol–water partition coefficient (Wildman–Crippen LogP) is 2.58. The highest BCUT2D eigenvalue weighted by molar-refractivity contribution is 5.65. The van der Waals surface area contributed by atoms with Crippen LogP contribution in [0.4, 0.5) is 11.8 Å². The Kier molecular flexibility index (Phi) is 3.01. The second-order valence-electron chi connectivity index (χ2n) is 5.99. The number of fused-ring (bicyclic) bond motifs is 1. The summed E-state index contributed by atoms with van der Waals surface area (Å²) in [5, 5.41) is 3.44. The average Bonchev–Trinajstić information content (AvgIpc) is 2.80. The van der Waals surface area contributed by atoms with Crippen molar-refractivity contribution in [3.8, 4) is 11.1 Å². The van der Waals surface area contributed by atoms with E-state index >= 15 is 0 Å². The van der Waals surface area contributed by atoms with Crippen LogP contribution in [0, 0.1) is 0 Å². The first-order chi connectivity index (χ1) is 9.92. The van der Waals surface area contributed by atoms with Gasteiger partial charge in [0.15, 0.2) is 0 Å². The van der Waals surface area contributed by atoms with E-state index < -0.39 is 0 Å². The lowest BCUT2D eigenvalue weighted by Crippen LogP contribution is -2.26. The van der Waals surface area contributed by atoms with Crippen LogP contribution in [0.1, 0.15) is 20.8 Å². The van der Waals surface area contributed by atoms with Gasteiger partial charge in [0.05, 0.1) is 6.20 Å². The van der Waals surface area contributed by atoms with Crippen molar-refractivity contribution in [1.29, 1.82) is 0 Å². The van der Waals surface area contributed by atoms with E-state index in [9.17, 15) is 0 Å². The van der Waals surface area contributed by atoms with Gasteiger partial charge in [0.25, 0.3) is 0 Å². The molecule has 6 heteroatoms. The molecule has 108 valence electrons. The van der Waals surface area contributed by atoms with Gasteiger partial charge in [0, 0.05) is 35.3 Å². The van der Waals surface area contributed by atoms with Gasteiger partial charge in [-0.15, -0.1) is 0 Å². The molecule has 3 N–H and O–H groups in total. The first-order valence-electron chi connectivity index (χ1n) is 6.75. The summed E-state index contributed by atoms with van der Waals surface area (Å²) in [6.07, 6.45) is 7.30. The Balaban J connectivity index is 2.06. The van der Waals surface area contributed by atoms with Crippen molar-refractivity contribution < 1.29 is 0 Å².